The Morgan fingerprint density at radius 3 is 2.59 bits per heavy atom. The second kappa shape index (κ2) is 8.50. The average molecular weight is 489 g/mol. The summed E-state index contributed by atoms with van der Waals surface area (Å²) in [5, 5.41) is 8.34. The molecule has 0 amide bonds. The topological polar surface area (TPSA) is 106 Å². The molecule has 172 valence electrons. The van der Waals surface area contributed by atoms with Crippen molar-refractivity contribution in [3.8, 4) is 0 Å². The average Bonchev–Trinajstić information content (AvgIpc) is 3.16. The Morgan fingerprint density at radius 2 is 1.94 bits per heavy atom. The van der Waals surface area contributed by atoms with Crippen LogP contribution in [0, 0.1) is 5.92 Å². The molecule has 0 saturated carbocycles. The molecule has 0 radical (unpaired) electrons. The van der Waals surface area contributed by atoms with Gasteiger partial charge in [-0.2, -0.15) is 25.9 Å². The molecule has 3 N–H and O–H groups in total. The second-order valence-electron chi connectivity index (χ2n) is 7.60. The number of imidazole rings is 1. The quantitative estimate of drug-likeness (QED) is 0.537. The Hall–Kier alpha value is -2.41. The summed E-state index contributed by atoms with van der Waals surface area (Å²) in [4.78, 5) is 7.68. The fourth-order valence-electron chi connectivity index (χ4n) is 4.02. The van der Waals surface area contributed by atoms with Crippen LogP contribution >= 0.6 is 11.6 Å². The van der Waals surface area contributed by atoms with Crippen LogP contribution in [0.25, 0.3) is 5.65 Å². The van der Waals surface area contributed by atoms with E-state index in [1.165, 1.54) is 14.8 Å². The van der Waals surface area contributed by atoms with Gasteiger partial charge in [0.25, 0.3) is 10.2 Å². The summed E-state index contributed by atoms with van der Waals surface area (Å²) >= 11 is 5.99. The van der Waals surface area contributed by atoms with Crippen molar-refractivity contribution in [1.29, 1.82) is 0 Å². The fraction of sp³-hybridized carbons (Fsp3) is 0.368. The highest BCUT2D eigenvalue weighted by Crippen LogP contribution is 2.34. The van der Waals surface area contributed by atoms with Crippen LogP contribution in [-0.4, -0.2) is 46.7 Å². The zero-order chi connectivity index (χ0) is 23.1. The van der Waals surface area contributed by atoms with Crippen LogP contribution in [-0.2, 0) is 16.4 Å². The van der Waals surface area contributed by atoms with E-state index < -0.39 is 22.1 Å². The van der Waals surface area contributed by atoms with Crippen molar-refractivity contribution in [3.63, 3.8) is 0 Å². The Balaban J connectivity index is 1.63. The minimum absolute atomic E-state index is 0.00533. The van der Waals surface area contributed by atoms with Crippen molar-refractivity contribution >= 4 is 33.4 Å². The lowest BCUT2D eigenvalue weighted by Gasteiger charge is -2.37. The van der Waals surface area contributed by atoms with E-state index in [4.69, 9.17) is 16.7 Å². The maximum absolute atomic E-state index is 13.1. The first-order valence-corrected chi connectivity index (χ1v) is 11.6. The van der Waals surface area contributed by atoms with Crippen LogP contribution in [0.5, 0.6) is 0 Å². The van der Waals surface area contributed by atoms with E-state index in [0.29, 0.717) is 6.42 Å². The number of nitrogens with one attached hydrogen (secondary N) is 1. The van der Waals surface area contributed by atoms with Gasteiger partial charge in [0.2, 0.25) is 5.95 Å². The number of aromatic nitrogens is 3. The largest absolute Gasteiger partial charge is 0.434 e. The molecule has 8 nitrogen and oxygen atoms in total. The molecule has 2 atom stereocenters. The van der Waals surface area contributed by atoms with Crippen molar-refractivity contribution in [2.24, 2.45) is 11.1 Å². The number of anilines is 1. The number of piperidine rings is 1. The van der Waals surface area contributed by atoms with E-state index in [-0.39, 0.29) is 48.2 Å². The van der Waals surface area contributed by atoms with Crippen molar-refractivity contribution in [2.45, 2.75) is 18.5 Å². The van der Waals surface area contributed by atoms with E-state index in [9.17, 15) is 21.6 Å². The van der Waals surface area contributed by atoms with Crippen molar-refractivity contribution in [2.75, 3.05) is 25.0 Å². The van der Waals surface area contributed by atoms with Crippen molar-refractivity contribution < 1.29 is 21.6 Å². The summed E-state index contributed by atoms with van der Waals surface area (Å²) in [5.41, 5.74) is -0.0290. The number of hydrogen-bond donors (Lipinski definition) is 2. The van der Waals surface area contributed by atoms with Crippen LogP contribution in [0.4, 0.5) is 19.1 Å². The summed E-state index contributed by atoms with van der Waals surface area (Å²) in [6.45, 7) is 0.672. The lowest BCUT2D eigenvalue weighted by Crippen LogP contribution is -2.47. The number of nitrogens with zero attached hydrogens (tertiary/aromatic N) is 4. The molecule has 4 rings (SSSR count). The lowest BCUT2D eigenvalue weighted by atomic mass is 9.81. The van der Waals surface area contributed by atoms with Gasteiger partial charge in [-0.15, -0.1) is 0 Å². The molecule has 0 spiro atoms. The maximum atomic E-state index is 13.1. The van der Waals surface area contributed by atoms with Crippen molar-refractivity contribution in [3.05, 3.63) is 59.0 Å². The molecular weight excluding hydrogens is 469 g/mol. The predicted molar refractivity (Wildman–Crippen MR) is 113 cm³/mol. The van der Waals surface area contributed by atoms with Crippen LogP contribution in [0.2, 0.25) is 5.15 Å². The molecule has 1 aromatic carbocycles. The molecule has 3 heterocycles. The van der Waals surface area contributed by atoms with Gasteiger partial charge in [0.1, 0.15) is 10.8 Å². The number of nitrogens with two attached hydrogens (primary N) is 1. The minimum Gasteiger partial charge on any atom is -0.355 e. The van der Waals surface area contributed by atoms with Gasteiger partial charge in [0, 0.05) is 31.9 Å². The molecule has 1 aliphatic heterocycles. The van der Waals surface area contributed by atoms with Crippen LogP contribution in [0.1, 0.15) is 23.6 Å². The first-order valence-electron chi connectivity index (χ1n) is 9.72. The van der Waals surface area contributed by atoms with Gasteiger partial charge in [0.15, 0.2) is 5.69 Å². The standard InChI is InChI=1S/C19H20ClF3N6O2S/c20-16-8-17-26-15(19(21,22)23)11-29(17)18(27-16)25-9-13-10-28(32(24,30)31)7-6-14(13)12-4-2-1-3-5-12/h1-5,8,11,13-14H,6-7,9-10H2,(H,25,27)(H2,24,30,31). The number of alkyl halides is 3. The molecule has 13 heteroatoms. The SMILES string of the molecule is NS(=O)(=O)N1CCC(c2ccccc2)C(CNc2nc(Cl)cc3nc(C(F)(F)F)cn23)C1. The highest BCUT2D eigenvalue weighted by atomic mass is 35.5. The Kier molecular flexibility index (Phi) is 6.05. The minimum atomic E-state index is -4.62. The normalized spacial score (nSPS) is 20.5. The van der Waals surface area contributed by atoms with Gasteiger partial charge < -0.3 is 5.32 Å². The maximum Gasteiger partial charge on any atom is 0.434 e. The number of hydrogen-bond acceptors (Lipinski definition) is 5. The summed E-state index contributed by atoms with van der Waals surface area (Å²) < 4.78 is 65.5. The van der Waals surface area contributed by atoms with Crippen molar-refractivity contribution in [1.82, 2.24) is 18.7 Å². The zero-order valence-corrected chi connectivity index (χ0v) is 18.2. The van der Waals surface area contributed by atoms with Gasteiger partial charge >= 0.3 is 6.18 Å². The highest BCUT2D eigenvalue weighted by Gasteiger charge is 2.36. The second-order valence-corrected chi connectivity index (χ2v) is 9.54. The molecule has 0 aliphatic carbocycles. The smallest absolute Gasteiger partial charge is 0.355 e. The fourth-order valence-corrected chi connectivity index (χ4v) is 4.96. The number of benzene rings is 1. The molecule has 32 heavy (non-hydrogen) atoms. The third kappa shape index (κ3) is 4.82. The molecular formula is C19H20ClF3N6O2S. The third-order valence-corrected chi connectivity index (χ3v) is 6.76. The number of halogens is 4. The van der Waals surface area contributed by atoms with Crippen LogP contribution < -0.4 is 10.5 Å². The first-order chi connectivity index (χ1) is 15.0. The number of fused-ring (bicyclic) bond motifs is 1. The Bertz CT molecular complexity index is 1220. The summed E-state index contributed by atoms with van der Waals surface area (Å²) in [6.07, 6.45) is -3.23. The third-order valence-electron chi connectivity index (χ3n) is 5.52. The molecule has 1 aliphatic rings. The van der Waals surface area contributed by atoms with Gasteiger partial charge in [-0.25, -0.2) is 15.1 Å². The van der Waals surface area contributed by atoms with Gasteiger partial charge in [-0.3, -0.25) is 4.40 Å². The van der Waals surface area contributed by atoms with Crippen LogP contribution in [0.3, 0.4) is 0 Å². The Labute approximate surface area is 187 Å². The molecule has 1 fully saturated rings. The van der Waals surface area contributed by atoms with E-state index in [1.54, 1.807) is 0 Å². The lowest BCUT2D eigenvalue weighted by molar-refractivity contribution is -0.140. The molecule has 0 bridgehead atoms. The van der Waals surface area contributed by atoms with Crippen LogP contribution in [0.15, 0.2) is 42.6 Å². The number of rotatable bonds is 5. The Morgan fingerprint density at radius 1 is 1.22 bits per heavy atom. The highest BCUT2D eigenvalue weighted by molar-refractivity contribution is 7.86. The van der Waals surface area contributed by atoms with E-state index in [1.807, 2.05) is 30.3 Å². The predicted octanol–water partition coefficient (Wildman–Crippen LogP) is 3.12. The zero-order valence-electron chi connectivity index (χ0n) is 16.6. The van der Waals surface area contributed by atoms with Gasteiger partial charge in [-0.05, 0) is 23.8 Å². The summed E-state index contributed by atoms with van der Waals surface area (Å²) in [7, 11) is -3.87. The molecule has 2 aromatic heterocycles. The molecule has 1 saturated heterocycles. The first kappa shape index (κ1) is 22.8. The monoisotopic (exact) mass is 488 g/mol. The van der Waals surface area contributed by atoms with E-state index in [0.717, 1.165) is 11.8 Å². The summed E-state index contributed by atoms with van der Waals surface area (Å²) in [5.74, 6) is -0.120. The van der Waals surface area contributed by atoms with E-state index >= 15 is 0 Å². The summed E-state index contributed by atoms with van der Waals surface area (Å²) in [6, 6.07) is 10.9. The van der Waals surface area contributed by atoms with E-state index in [2.05, 4.69) is 15.3 Å². The molecule has 3 aromatic rings. The van der Waals surface area contributed by atoms with Gasteiger partial charge in [-0.1, -0.05) is 41.9 Å². The molecule has 2 unspecified atom stereocenters. The van der Waals surface area contributed by atoms with Gasteiger partial charge in [0.05, 0.1) is 0 Å².